The van der Waals surface area contributed by atoms with E-state index in [0.717, 1.165) is 25.9 Å². The third kappa shape index (κ3) is 3.81. The molecule has 4 rings (SSSR count). The van der Waals surface area contributed by atoms with Gasteiger partial charge in [0.25, 0.3) is 0 Å². The van der Waals surface area contributed by atoms with Crippen LogP contribution in [0.2, 0.25) is 0 Å². The molecule has 1 amide bonds. The molecule has 3 atom stereocenters. The van der Waals surface area contributed by atoms with Crippen LogP contribution in [0.25, 0.3) is 0 Å². The van der Waals surface area contributed by atoms with E-state index in [1.807, 2.05) is 4.90 Å². The van der Waals surface area contributed by atoms with Crippen LogP contribution in [-0.2, 0) is 11.3 Å². The lowest BCUT2D eigenvalue weighted by molar-refractivity contribution is 0.0383. The number of nitrogens with zero attached hydrogens (tertiary/aromatic N) is 3. The van der Waals surface area contributed by atoms with Crippen molar-refractivity contribution in [1.29, 1.82) is 0 Å². The fourth-order valence-corrected chi connectivity index (χ4v) is 4.32. The number of ether oxygens (including phenoxy) is 1. The van der Waals surface area contributed by atoms with E-state index >= 15 is 0 Å². The maximum atomic E-state index is 12.6. The third-order valence-corrected chi connectivity index (χ3v) is 5.69. The molecule has 0 bridgehead atoms. The lowest BCUT2D eigenvalue weighted by atomic mass is 10.0. The van der Waals surface area contributed by atoms with E-state index in [2.05, 4.69) is 36.3 Å². The number of fused-ring (bicyclic) bond motifs is 1. The minimum atomic E-state index is -0.144. The van der Waals surface area contributed by atoms with Gasteiger partial charge in [0.05, 0.1) is 12.7 Å². The first kappa shape index (κ1) is 17.9. The molecule has 6 heteroatoms. The van der Waals surface area contributed by atoms with Crippen LogP contribution in [-0.4, -0.2) is 45.7 Å². The molecule has 1 saturated heterocycles. The number of benzene rings is 1. The topological polar surface area (TPSA) is 64.4 Å². The van der Waals surface area contributed by atoms with Crippen LogP contribution in [0.4, 0.5) is 4.79 Å². The summed E-state index contributed by atoms with van der Waals surface area (Å²) < 4.78 is 7.41. The van der Waals surface area contributed by atoms with Crippen molar-refractivity contribution in [3.05, 3.63) is 53.3 Å². The molecule has 1 aromatic carbocycles. The first-order valence-corrected chi connectivity index (χ1v) is 9.52. The number of Topliss-reactive ketones (excluding diaryl/α,β-unsaturated/α-hetero) is 1. The summed E-state index contributed by atoms with van der Waals surface area (Å²) in [5, 5.41) is 4.08. The van der Waals surface area contributed by atoms with Crippen LogP contribution in [0.5, 0.6) is 0 Å². The van der Waals surface area contributed by atoms with E-state index in [1.54, 1.807) is 12.3 Å². The van der Waals surface area contributed by atoms with Crippen LogP contribution in [0, 0.1) is 18.8 Å². The Bertz CT molecular complexity index is 846. The minimum absolute atomic E-state index is 0.131. The SMILES string of the molecule is CC(=O)c1ccn(C(=O)N2C[C@H]3C[C@@H](OCc4cccc(C)c4)C[C@H]3C2)n1. The van der Waals surface area contributed by atoms with Gasteiger partial charge >= 0.3 is 6.03 Å². The fraction of sp³-hybridized carbons (Fsp3) is 0.476. The van der Waals surface area contributed by atoms with E-state index in [1.165, 1.54) is 22.7 Å². The highest BCUT2D eigenvalue weighted by Crippen LogP contribution is 2.39. The van der Waals surface area contributed by atoms with Crippen LogP contribution in [0.15, 0.2) is 36.5 Å². The van der Waals surface area contributed by atoms with E-state index in [-0.39, 0.29) is 17.9 Å². The van der Waals surface area contributed by atoms with E-state index in [9.17, 15) is 9.59 Å². The second kappa shape index (κ2) is 7.27. The molecule has 2 aromatic rings. The third-order valence-electron chi connectivity index (χ3n) is 5.69. The Balaban J connectivity index is 1.30. The van der Waals surface area contributed by atoms with E-state index in [4.69, 9.17) is 4.74 Å². The molecule has 2 fully saturated rings. The number of hydrogen-bond acceptors (Lipinski definition) is 4. The quantitative estimate of drug-likeness (QED) is 0.778. The second-order valence-corrected chi connectivity index (χ2v) is 7.80. The highest BCUT2D eigenvalue weighted by Gasteiger charge is 2.43. The van der Waals surface area contributed by atoms with Crippen LogP contribution >= 0.6 is 0 Å². The van der Waals surface area contributed by atoms with Gasteiger partial charge in [-0.15, -0.1) is 0 Å². The number of amides is 1. The average molecular weight is 367 g/mol. The van der Waals surface area contributed by atoms with E-state index in [0.29, 0.717) is 24.1 Å². The molecule has 142 valence electrons. The minimum Gasteiger partial charge on any atom is -0.374 e. The smallest absolute Gasteiger partial charge is 0.344 e. The zero-order chi connectivity index (χ0) is 19.0. The van der Waals surface area contributed by atoms with Gasteiger partial charge in [0, 0.05) is 26.2 Å². The zero-order valence-corrected chi connectivity index (χ0v) is 15.8. The number of likely N-dealkylation sites (tertiary alicyclic amines) is 1. The summed E-state index contributed by atoms with van der Waals surface area (Å²) in [7, 11) is 0. The number of rotatable bonds is 4. The number of carbonyl (C=O) groups is 2. The fourth-order valence-electron chi connectivity index (χ4n) is 4.32. The van der Waals surface area contributed by atoms with Crippen LogP contribution in [0.3, 0.4) is 0 Å². The standard InChI is InChI=1S/C21H25N3O3/c1-14-4-3-5-16(8-14)13-27-19-9-17-11-23(12-18(17)10-19)21(26)24-7-6-20(22-24)15(2)25/h3-8,17-19H,9-13H2,1-2H3/t17-,18+,19-. The maximum Gasteiger partial charge on any atom is 0.344 e. The lowest BCUT2D eigenvalue weighted by Gasteiger charge is -2.19. The number of aryl methyl sites for hydroxylation is 1. The molecule has 27 heavy (non-hydrogen) atoms. The van der Waals surface area contributed by atoms with Gasteiger partial charge in [0.1, 0.15) is 5.69 Å². The Hall–Kier alpha value is -2.47. The van der Waals surface area contributed by atoms with Crippen molar-refractivity contribution < 1.29 is 14.3 Å². The van der Waals surface area contributed by atoms with E-state index < -0.39 is 0 Å². The number of ketones is 1. The highest BCUT2D eigenvalue weighted by molar-refractivity contribution is 5.92. The molecule has 1 aliphatic heterocycles. The van der Waals surface area contributed by atoms with Gasteiger partial charge in [-0.3, -0.25) is 4.79 Å². The lowest BCUT2D eigenvalue weighted by Crippen LogP contribution is -2.34. The molecule has 0 N–H and O–H groups in total. The molecular weight excluding hydrogens is 342 g/mol. The van der Waals surface area contributed by atoms with Crippen molar-refractivity contribution in [3.63, 3.8) is 0 Å². The van der Waals surface area contributed by atoms with Gasteiger partial charge in [-0.1, -0.05) is 29.8 Å². The molecule has 6 nitrogen and oxygen atoms in total. The number of aromatic nitrogens is 2. The Labute approximate surface area is 159 Å². The number of hydrogen-bond donors (Lipinski definition) is 0. The van der Waals surface area contributed by atoms with Gasteiger partial charge in [0.15, 0.2) is 5.78 Å². The molecule has 0 unspecified atom stereocenters. The molecule has 1 aromatic heterocycles. The van der Waals surface area contributed by atoms with Crippen LogP contribution in [0.1, 0.15) is 41.4 Å². The Morgan fingerprint density at radius 2 is 1.93 bits per heavy atom. The molecule has 1 saturated carbocycles. The van der Waals surface area contributed by atoms with Crippen molar-refractivity contribution in [1.82, 2.24) is 14.7 Å². The largest absolute Gasteiger partial charge is 0.374 e. The van der Waals surface area contributed by atoms with Gasteiger partial charge in [0.2, 0.25) is 0 Å². The Morgan fingerprint density at radius 3 is 2.56 bits per heavy atom. The van der Waals surface area contributed by atoms with Crippen LogP contribution < -0.4 is 0 Å². The molecule has 0 radical (unpaired) electrons. The van der Waals surface area contributed by atoms with Crippen molar-refractivity contribution in [2.75, 3.05) is 13.1 Å². The Kier molecular flexibility index (Phi) is 4.83. The van der Waals surface area contributed by atoms with Gasteiger partial charge in [-0.2, -0.15) is 9.78 Å². The van der Waals surface area contributed by atoms with Crippen molar-refractivity contribution >= 4 is 11.8 Å². The predicted molar refractivity (Wildman–Crippen MR) is 101 cm³/mol. The highest BCUT2D eigenvalue weighted by atomic mass is 16.5. The second-order valence-electron chi connectivity index (χ2n) is 7.80. The molecule has 2 aliphatic rings. The first-order chi connectivity index (χ1) is 13.0. The summed E-state index contributed by atoms with van der Waals surface area (Å²) in [6, 6.07) is 9.86. The summed E-state index contributed by atoms with van der Waals surface area (Å²) >= 11 is 0. The number of carbonyl (C=O) groups excluding carboxylic acids is 2. The molecule has 0 spiro atoms. The zero-order valence-electron chi connectivity index (χ0n) is 15.8. The summed E-state index contributed by atoms with van der Waals surface area (Å²) in [5.74, 6) is 0.840. The average Bonchev–Trinajstić information content (AvgIpc) is 3.34. The van der Waals surface area contributed by atoms with Gasteiger partial charge in [-0.05, 0) is 43.2 Å². The van der Waals surface area contributed by atoms with Crippen molar-refractivity contribution in [3.8, 4) is 0 Å². The summed E-state index contributed by atoms with van der Waals surface area (Å²) in [6.07, 6.45) is 3.84. The maximum absolute atomic E-state index is 12.6. The molecule has 1 aliphatic carbocycles. The van der Waals surface area contributed by atoms with Crippen molar-refractivity contribution in [2.45, 2.75) is 39.4 Å². The molecule has 2 heterocycles. The van der Waals surface area contributed by atoms with Gasteiger partial charge in [-0.25, -0.2) is 4.79 Å². The summed E-state index contributed by atoms with van der Waals surface area (Å²) in [5.41, 5.74) is 2.79. The monoisotopic (exact) mass is 367 g/mol. The van der Waals surface area contributed by atoms with Crippen molar-refractivity contribution in [2.24, 2.45) is 11.8 Å². The van der Waals surface area contributed by atoms with Gasteiger partial charge < -0.3 is 9.64 Å². The predicted octanol–water partition coefficient (Wildman–Crippen LogP) is 3.29. The normalized spacial score (nSPS) is 24.2. The first-order valence-electron chi connectivity index (χ1n) is 9.52. The summed E-state index contributed by atoms with van der Waals surface area (Å²) in [4.78, 5) is 25.8. The Morgan fingerprint density at radius 1 is 1.19 bits per heavy atom. The molecular formula is C21H25N3O3. The summed E-state index contributed by atoms with van der Waals surface area (Å²) in [6.45, 7) is 5.67.